The third-order valence-electron chi connectivity index (χ3n) is 3.61. The van der Waals surface area contributed by atoms with E-state index in [-0.39, 0.29) is 0 Å². The van der Waals surface area contributed by atoms with Crippen LogP contribution in [0.5, 0.6) is 0 Å². The fourth-order valence-corrected chi connectivity index (χ4v) is 1.99. The molecule has 13 nitrogen and oxygen atoms in total. The fourth-order valence-electron chi connectivity index (χ4n) is 1.99. The topological polar surface area (TPSA) is 234 Å². The molecule has 0 spiro atoms. The van der Waals surface area contributed by atoms with E-state index < -0.39 is 72.4 Å². The van der Waals surface area contributed by atoms with Crippen molar-refractivity contribution >= 4 is 29.6 Å². The number of carbonyl (C=O) groups is 5. The Kier molecular flexibility index (Phi) is 10.1. The zero-order chi connectivity index (χ0) is 22.2. The van der Waals surface area contributed by atoms with Gasteiger partial charge in [-0.05, 0) is 20.8 Å². The summed E-state index contributed by atoms with van der Waals surface area (Å²) in [6.07, 6.45) is -3.35. The normalized spacial score (nSPS) is 17.2. The van der Waals surface area contributed by atoms with Crippen molar-refractivity contribution in [2.24, 2.45) is 11.5 Å². The van der Waals surface area contributed by atoms with Gasteiger partial charge in [-0.1, -0.05) is 0 Å². The van der Waals surface area contributed by atoms with Crippen LogP contribution in [0.15, 0.2) is 0 Å². The molecular formula is C15H27N5O8. The van der Waals surface area contributed by atoms with Crippen LogP contribution in [-0.2, 0) is 24.0 Å². The molecule has 0 heterocycles. The summed E-state index contributed by atoms with van der Waals surface area (Å²) in [6, 6.07) is -5.78. The highest BCUT2D eigenvalue weighted by Crippen LogP contribution is 2.01. The van der Waals surface area contributed by atoms with Gasteiger partial charge < -0.3 is 42.7 Å². The van der Waals surface area contributed by atoms with Gasteiger partial charge in [0.25, 0.3) is 0 Å². The van der Waals surface area contributed by atoms with Crippen LogP contribution in [0.4, 0.5) is 0 Å². The molecule has 13 heteroatoms. The standard InChI is InChI=1S/C15H27N5O8/c1-5(15(27)28)18-13(25)10(6(2)21)20-14(26)11(7(3)22)19-12(24)8(16)4-9(17)23/h5-8,10-11,21-22H,4,16H2,1-3H3,(H2,17,23)(H,18,25)(H,19,24)(H,20,26)(H,27,28). The fraction of sp³-hybridized carbons (Fsp3) is 0.667. The molecule has 0 saturated heterocycles. The minimum atomic E-state index is -1.57. The molecule has 0 rings (SSSR count). The van der Waals surface area contributed by atoms with Crippen LogP contribution in [0.2, 0.25) is 0 Å². The van der Waals surface area contributed by atoms with E-state index in [0.717, 1.165) is 0 Å². The Morgan fingerprint density at radius 3 is 1.57 bits per heavy atom. The minimum Gasteiger partial charge on any atom is -0.480 e. The Morgan fingerprint density at radius 2 is 1.21 bits per heavy atom. The number of hydrogen-bond donors (Lipinski definition) is 8. The first-order valence-corrected chi connectivity index (χ1v) is 8.31. The molecule has 0 aromatic carbocycles. The van der Waals surface area contributed by atoms with Crippen molar-refractivity contribution < 1.29 is 39.3 Å². The smallest absolute Gasteiger partial charge is 0.325 e. The molecular weight excluding hydrogens is 378 g/mol. The number of aliphatic hydroxyl groups is 2. The van der Waals surface area contributed by atoms with Crippen LogP contribution in [0.25, 0.3) is 0 Å². The third kappa shape index (κ3) is 8.28. The first kappa shape index (κ1) is 25.2. The predicted molar refractivity (Wildman–Crippen MR) is 94.3 cm³/mol. The summed E-state index contributed by atoms with van der Waals surface area (Å²) < 4.78 is 0. The number of nitrogens with two attached hydrogens (primary N) is 2. The second-order valence-corrected chi connectivity index (χ2v) is 6.30. The van der Waals surface area contributed by atoms with Gasteiger partial charge in [-0.3, -0.25) is 24.0 Å². The van der Waals surface area contributed by atoms with Crippen molar-refractivity contribution in [3.63, 3.8) is 0 Å². The predicted octanol–water partition coefficient (Wildman–Crippen LogP) is -4.49. The summed E-state index contributed by atoms with van der Waals surface area (Å²) in [7, 11) is 0. The van der Waals surface area contributed by atoms with Gasteiger partial charge in [0.05, 0.1) is 24.7 Å². The van der Waals surface area contributed by atoms with Gasteiger partial charge in [0.15, 0.2) is 0 Å². The van der Waals surface area contributed by atoms with Crippen molar-refractivity contribution in [3.05, 3.63) is 0 Å². The highest BCUT2D eigenvalue weighted by molar-refractivity contribution is 5.95. The molecule has 160 valence electrons. The molecule has 0 bridgehead atoms. The molecule has 4 amide bonds. The SMILES string of the molecule is CC(NC(=O)C(NC(=O)C(NC(=O)C(N)CC(N)=O)C(C)O)C(C)O)C(=O)O. The molecule has 6 unspecified atom stereocenters. The van der Waals surface area contributed by atoms with Crippen molar-refractivity contribution in [1.82, 2.24) is 16.0 Å². The molecule has 0 aromatic rings. The lowest BCUT2D eigenvalue weighted by Gasteiger charge is -2.27. The number of primary amides is 1. The number of aliphatic hydroxyl groups excluding tert-OH is 2. The second kappa shape index (κ2) is 11.2. The van der Waals surface area contributed by atoms with Crippen molar-refractivity contribution in [1.29, 1.82) is 0 Å². The van der Waals surface area contributed by atoms with Gasteiger partial charge in [0.1, 0.15) is 18.1 Å². The number of rotatable bonds is 11. The summed E-state index contributed by atoms with van der Waals surface area (Å²) in [5.74, 6) is -5.16. The Hall–Kier alpha value is -2.77. The summed E-state index contributed by atoms with van der Waals surface area (Å²) >= 11 is 0. The molecule has 0 aliphatic heterocycles. The maximum atomic E-state index is 12.4. The Balaban J connectivity index is 5.22. The molecule has 0 aliphatic rings. The quantitative estimate of drug-likeness (QED) is 0.165. The number of carboxylic acids is 1. The van der Waals surface area contributed by atoms with Gasteiger partial charge in [0.2, 0.25) is 23.6 Å². The molecule has 0 aliphatic carbocycles. The zero-order valence-electron chi connectivity index (χ0n) is 15.7. The molecule has 0 fully saturated rings. The van der Waals surface area contributed by atoms with Crippen LogP contribution in [0, 0.1) is 0 Å². The third-order valence-corrected chi connectivity index (χ3v) is 3.61. The maximum Gasteiger partial charge on any atom is 0.325 e. The highest BCUT2D eigenvalue weighted by Gasteiger charge is 2.33. The Morgan fingerprint density at radius 1 is 0.821 bits per heavy atom. The number of carboxylic acid groups (broad SMARTS) is 1. The van der Waals surface area contributed by atoms with E-state index in [9.17, 15) is 34.2 Å². The summed E-state index contributed by atoms with van der Waals surface area (Å²) in [6.45, 7) is 3.53. The van der Waals surface area contributed by atoms with E-state index in [0.29, 0.717) is 0 Å². The maximum absolute atomic E-state index is 12.4. The Labute approximate surface area is 160 Å². The molecule has 6 atom stereocenters. The monoisotopic (exact) mass is 405 g/mol. The van der Waals surface area contributed by atoms with E-state index in [1.165, 1.54) is 20.8 Å². The number of hydrogen-bond acceptors (Lipinski definition) is 8. The van der Waals surface area contributed by atoms with Gasteiger partial charge in [-0.2, -0.15) is 0 Å². The van der Waals surface area contributed by atoms with Crippen LogP contribution >= 0.6 is 0 Å². The van der Waals surface area contributed by atoms with E-state index in [1.807, 2.05) is 0 Å². The van der Waals surface area contributed by atoms with Crippen LogP contribution < -0.4 is 27.4 Å². The van der Waals surface area contributed by atoms with Gasteiger partial charge in [-0.25, -0.2) is 0 Å². The molecule has 0 radical (unpaired) electrons. The lowest BCUT2D eigenvalue weighted by Crippen LogP contribution is -2.61. The van der Waals surface area contributed by atoms with E-state index >= 15 is 0 Å². The first-order valence-electron chi connectivity index (χ1n) is 8.31. The van der Waals surface area contributed by atoms with Crippen molar-refractivity contribution in [2.45, 2.75) is 63.6 Å². The summed E-state index contributed by atoms with van der Waals surface area (Å²) in [5.41, 5.74) is 10.4. The lowest BCUT2D eigenvalue weighted by atomic mass is 10.1. The first-order chi connectivity index (χ1) is 12.8. The molecule has 10 N–H and O–H groups in total. The average Bonchev–Trinajstić information content (AvgIpc) is 2.55. The van der Waals surface area contributed by atoms with Crippen LogP contribution in [-0.4, -0.2) is 81.3 Å². The highest BCUT2D eigenvalue weighted by atomic mass is 16.4. The van der Waals surface area contributed by atoms with Crippen molar-refractivity contribution in [3.8, 4) is 0 Å². The lowest BCUT2D eigenvalue weighted by molar-refractivity contribution is -0.142. The number of carbonyl (C=O) groups excluding carboxylic acids is 4. The van der Waals surface area contributed by atoms with E-state index in [4.69, 9.17) is 16.6 Å². The van der Waals surface area contributed by atoms with Gasteiger partial charge in [-0.15, -0.1) is 0 Å². The van der Waals surface area contributed by atoms with E-state index in [2.05, 4.69) is 16.0 Å². The van der Waals surface area contributed by atoms with Crippen molar-refractivity contribution in [2.75, 3.05) is 0 Å². The number of aliphatic carboxylic acids is 1. The number of amides is 4. The van der Waals surface area contributed by atoms with Gasteiger partial charge in [0, 0.05) is 0 Å². The number of nitrogens with one attached hydrogen (secondary N) is 3. The Bertz CT molecular complexity index is 609. The largest absolute Gasteiger partial charge is 0.480 e. The summed E-state index contributed by atoms with van der Waals surface area (Å²) in [4.78, 5) is 58.1. The average molecular weight is 405 g/mol. The second-order valence-electron chi connectivity index (χ2n) is 6.30. The summed E-state index contributed by atoms with van der Waals surface area (Å²) in [5, 5.41) is 34.6. The van der Waals surface area contributed by atoms with Crippen LogP contribution in [0.1, 0.15) is 27.2 Å². The zero-order valence-corrected chi connectivity index (χ0v) is 15.7. The minimum absolute atomic E-state index is 0.494. The van der Waals surface area contributed by atoms with E-state index in [1.54, 1.807) is 0 Å². The molecule has 0 aromatic heterocycles. The van der Waals surface area contributed by atoms with Crippen LogP contribution in [0.3, 0.4) is 0 Å². The molecule has 28 heavy (non-hydrogen) atoms. The van der Waals surface area contributed by atoms with Gasteiger partial charge >= 0.3 is 5.97 Å². The molecule has 0 saturated carbocycles.